The van der Waals surface area contributed by atoms with Crippen LogP contribution in [0, 0.1) is 0 Å². The Morgan fingerprint density at radius 1 is 0.973 bits per heavy atom. The van der Waals surface area contributed by atoms with Gasteiger partial charge in [-0.3, -0.25) is 4.79 Å². The quantitative estimate of drug-likeness (QED) is 0.185. The maximum Gasteiger partial charge on any atom is 0.260 e. The normalized spacial score (nSPS) is 16.1. The molecule has 1 atom stereocenters. The lowest BCUT2D eigenvalue weighted by molar-refractivity contribution is -0.116. The maximum absolute atomic E-state index is 12.6. The molecule has 5 rings (SSSR count). The van der Waals surface area contributed by atoms with Crippen LogP contribution in [0.4, 0.5) is 5.69 Å². The topological polar surface area (TPSA) is 50.4 Å². The fourth-order valence-corrected chi connectivity index (χ4v) is 5.32. The van der Waals surface area contributed by atoms with Gasteiger partial charge in [-0.05, 0) is 82.3 Å². The van der Waals surface area contributed by atoms with Crippen LogP contribution >= 0.6 is 11.8 Å². The first-order valence-corrected chi connectivity index (χ1v) is 13.4. The molecule has 2 N–H and O–H groups in total. The molecule has 4 aromatic carbocycles. The standard InChI is InChI=1S/C32H30N2O2S/c1-3-7-27-18-23(13-17-29(27)36-21-24-10-14-25-8-5-6-9-26(25)19-24)20-30-31(35)34-32(37-30)33-28-15-11-22(4-2)12-16-28/h3,5-6,8-20,32-33H,1,4,7,21H2,2H3,(H,34,35)/b30-20-/t32-/m1/s1. The van der Waals surface area contributed by atoms with Crippen LogP contribution in [0.25, 0.3) is 16.8 Å². The van der Waals surface area contributed by atoms with Gasteiger partial charge in [-0.15, -0.1) is 6.58 Å². The Labute approximate surface area is 222 Å². The number of rotatable bonds is 9. The highest BCUT2D eigenvalue weighted by Gasteiger charge is 2.27. The molecule has 1 fully saturated rings. The van der Waals surface area contributed by atoms with Crippen LogP contribution in [0.2, 0.25) is 0 Å². The first-order valence-electron chi connectivity index (χ1n) is 12.5. The Morgan fingerprint density at radius 3 is 2.54 bits per heavy atom. The molecule has 4 aromatic rings. The van der Waals surface area contributed by atoms with Crippen molar-refractivity contribution in [2.24, 2.45) is 0 Å². The van der Waals surface area contributed by atoms with Crippen molar-refractivity contribution in [2.75, 3.05) is 5.32 Å². The summed E-state index contributed by atoms with van der Waals surface area (Å²) in [6.07, 6.45) is 5.49. The van der Waals surface area contributed by atoms with E-state index in [1.165, 1.54) is 28.1 Å². The van der Waals surface area contributed by atoms with Gasteiger partial charge < -0.3 is 15.4 Å². The first kappa shape index (κ1) is 24.7. The van der Waals surface area contributed by atoms with E-state index in [0.717, 1.165) is 34.5 Å². The molecule has 1 saturated heterocycles. The van der Waals surface area contributed by atoms with E-state index in [9.17, 15) is 4.79 Å². The predicted molar refractivity (Wildman–Crippen MR) is 156 cm³/mol. The monoisotopic (exact) mass is 506 g/mol. The zero-order chi connectivity index (χ0) is 25.6. The number of hydrogen-bond acceptors (Lipinski definition) is 4. The number of carbonyl (C=O) groups is 1. The molecule has 0 spiro atoms. The molecule has 1 aliphatic rings. The van der Waals surface area contributed by atoms with Crippen molar-refractivity contribution in [2.45, 2.75) is 31.9 Å². The van der Waals surface area contributed by atoms with E-state index >= 15 is 0 Å². The van der Waals surface area contributed by atoms with E-state index in [1.54, 1.807) is 0 Å². The van der Waals surface area contributed by atoms with E-state index in [0.29, 0.717) is 17.9 Å². The summed E-state index contributed by atoms with van der Waals surface area (Å²) in [6.45, 7) is 6.53. The molecule has 1 amide bonds. The van der Waals surface area contributed by atoms with Gasteiger partial charge in [0.25, 0.3) is 5.91 Å². The summed E-state index contributed by atoms with van der Waals surface area (Å²) in [5, 5.41) is 8.81. The summed E-state index contributed by atoms with van der Waals surface area (Å²) < 4.78 is 6.21. The lowest BCUT2D eigenvalue weighted by atomic mass is 10.1. The number of fused-ring (bicyclic) bond motifs is 1. The van der Waals surface area contributed by atoms with Crippen LogP contribution in [0.15, 0.2) is 102 Å². The second kappa shape index (κ2) is 11.4. The minimum absolute atomic E-state index is 0.0745. The lowest BCUT2D eigenvalue weighted by Gasteiger charge is -2.13. The van der Waals surface area contributed by atoms with Crippen molar-refractivity contribution < 1.29 is 9.53 Å². The molecule has 0 aliphatic carbocycles. The number of anilines is 1. The zero-order valence-corrected chi connectivity index (χ0v) is 21.7. The molecule has 0 saturated carbocycles. The molecule has 0 aromatic heterocycles. The molecule has 0 radical (unpaired) electrons. The predicted octanol–water partition coefficient (Wildman–Crippen LogP) is 7.31. The number of ether oxygens (including phenoxy) is 1. The molecule has 0 bridgehead atoms. The number of benzene rings is 4. The number of hydrogen-bond donors (Lipinski definition) is 2. The Bertz CT molecular complexity index is 1460. The van der Waals surface area contributed by atoms with Gasteiger partial charge in [-0.25, -0.2) is 0 Å². The van der Waals surface area contributed by atoms with Gasteiger partial charge >= 0.3 is 0 Å². The van der Waals surface area contributed by atoms with Crippen LogP contribution in [0.1, 0.15) is 29.2 Å². The molecular formula is C32H30N2O2S. The van der Waals surface area contributed by atoms with Crippen LogP contribution in [0.5, 0.6) is 5.75 Å². The van der Waals surface area contributed by atoms with Crippen LogP contribution < -0.4 is 15.4 Å². The van der Waals surface area contributed by atoms with E-state index < -0.39 is 0 Å². The molecule has 37 heavy (non-hydrogen) atoms. The minimum Gasteiger partial charge on any atom is -0.489 e. The number of allylic oxidation sites excluding steroid dienone is 1. The number of carbonyl (C=O) groups excluding carboxylic acids is 1. The largest absolute Gasteiger partial charge is 0.489 e. The van der Waals surface area contributed by atoms with Crippen molar-refractivity contribution >= 4 is 40.2 Å². The highest BCUT2D eigenvalue weighted by Crippen LogP contribution is 2.32. The third kappa shape index (κ3) is 6.07. The summed E-state index contributed by atoms with van der Waals surface area (Å²) in [5.74, 6) is 0.753. The van der Waals surface area contributed by atoms with Crippen LogP contribution in [0.3, 0.4) is 0 Å². The van der Waals surface area contributed by atoms with Gasteiger partial charge in [0.05, 0.1) is 4.91 Å². The van der Waals surface area contributed by atoms with Gasteiger partial charge in [-0.2, -0.15) is 0 Å². The SMILES string of the molecule is C=CCc1cc(/C=C2\S[C@H](Nc3ccc(CC)cc3)NC2=O)ccc1OCc1ccc2ccccc2c1. The average molecular weight is 507 g/mol. The fourth-order valence-electron chi connectivity index (χ4n) is 4.34. The third-order valence-electron chi connectivity index (χ3n) is 6.35. The molecule has 1 aliphatic heterocycles. The number of nitrogens with one attached hydrogen (secondary N) is 2. The van der Waals surface area contributed by atoms with Gasteiger partial charge in [0.1, 0.15) is 12.4 Å². The summed E-state index contributed by atoms with van der Waals surface area (Å²) in [6, 6.07) is 29.1. The molecular weight excluding hydrogens is 476 g/mol. The van der Waals surface area contributed by atoms with Gasteiger partial charge in [0.2, 0.25) is 0 Å². The minimum atomic E-state index is -0.205. The van der Waals surface area contributed by atoms with Crippen LogP contribution in [-0.4, -0.2) is 11.4 Å². The van der Waals surface area contributed by atoms with Gasteiger partial charge in [-0.1, -0.05) is 79.4 Å². The van der Waals surface area contributed by atoms with Crippen molar-refractivity contribution in [3.8, 4) is 5.75 Å². The summed E-state index contributed by atoms with van der Waals surface area (Å²) in [4.78, 5) is 13.3. The summed E-state index contributed by atoms with van der Waals surface area (Å²) >= 11 is 1.49. The summed E-state index contributed by atoms with van der Waals surface area (Å²) in [5.41, 5.74) is 5.19. The Hall–Kier alpha value is -3.96. The second-order valence-corrected chi connectivity index (χ2v) is 10.2. The maximum atomic E-state index is 12.6. The zero-order valence-electron chi connectivity index (χ0n) is 20.9. The second-order valence-electron chi connectivity index (χ2n) is 9.00. The van der Waals surface area contributed by atoms with Crippen LogP contribution in [-0.2, 0) is 24.2 Å². The average Bonchev–Trinajstić information content (AvgIpc) is 3.26. The molecule has 0 unspecified atom stereocenters. The number of amides is 1. The molecule has 1 heterocycles. The fraction of sp³-hybridized carbons (Fsp3) is 0.156. The van der Waals surface area contributed by atoms with E-state index in [4.69, 9.17) is 4.74 Å². The van der Waals surface area contributed by atoms with E-state index in [2.05, 4.69) is 72.7 Å². The van der Waals surface area contributed by atoms with Gasteiger partial charge in [0, 0.05) is 5.69 Å². The van der Waals surface area contributed by atoms with E-state index in [1.807, 2.05) is 48.6 Å². The van der Waals surface area contributed by atoms with Crippen molar-refractivity contribution in [1.82, 2.24) is 5.32 Å². The summed E-state index contributed by atoms with van der Waals surface area (Å²) in [7, 11) is 0. The first-order chi connectivity index (χ1) is 18.1. The molecule has 4 nitrogen and oxygen atoms in total. The highest BCUT2D eigenvalue weighted by atomic mass is 32.2. The number of aryl methyl sites for hydroxylation is 1. The van der Waals surface area contributed by atoms with Crippen molar-refractivity contribution in [3.63, 3.8) is 0 Å². The Kier molecular flexibility index (Phi) is 7.62. The smallest absolute Gasteiger partial charge is 0.260 e. The van der Waals surface area contributed by atoms with Crippen molar-refractivity contribution in [1.29, 1.82) is 0 Å². The number of thioether (sulfide) groups is 1. The van der Waals surface area contributed by atoms with Gasteiger partial charge in [0.15, 0.2) is 5.50 Å². The van der Waals surface area contributed by atoms with E-state index in [-0.39, 0.29) is 11.4 Å². The Balaban J connectivity index is 1.27. The molecule has 186 valence electrons. The lowest BCUT2D eigenvalue weighted by Crippen LogP contribution is -2.30. The highest BCUT2D eigenvalue weighted by molar-refractivity contribution is 8.05. The Morgan fingerprint density at radius 2 is 1.76 bits per heavy atom. The third-order valence-corrected chi connectivity index (χ3v) is 7.37. The van der Waals surface area contributed by atoms with Crippen molar-refractivity contribution in [3.05, 3.63) is 125 Å². The molecule has 5 heteroatoms.